The molecule has 1 fully saturated rings. The summed E-state index contributed by atoms with van der Waals surface area (Å²) in [7, 11) is 0. The molecule has 1 amide bonds. The number of benzene rings is 1. The smallest absolute Gasteiger partial charge is 0.223 e. The molecule has 102 valence electrons. The summed E-state index contributed by atoms with van der Waals surface area (Å²) < 4.78 is 5.64. The molecule has 0 bridgehead atoms. The molecule has 4 nitrogen and oxygen atoms in total. The number of rotatable bonds is 6. The summed E-state index contributed by atoms with van der Waals surface area (Å²) in [5, 5.41) is 6.34. The lowest BCUT2D eigenvalue weighted by atomic mass is 10.0. The van der Waals surface area contributed by atoms with Gasteiger partial charge >= 0.3 is 0 Å². The number of fused-ring (bicyclic) bond motifs is 1. The maximum atomic E-state index is 11.4. The van der Waals surface area contributed by atoms with Crippen molar-refractivity contribution >= 4 is 5.91 Å². The van der Waals surface area contributed by atoms with Crippen molar-refractivity contribution in [3.05, 3.63) is 29.8 Å². The fourth-order valence-electron chi connectivity index (χ4n) is 2.44. The minimum atomic E-state index is 0.219. The van der Waals surface area contributed by atoms with Crippen molar-refractivity contribution in [3.8, 4) is 5.75 Å². The number of amides is 1. The van der Waals surface area contributed by atoms with Crippen LogP contribution in [-0.4, -0.2) is 32.1 Å². The molecule has 1 heterocycles. The molecular weight excluding hydrogens is 240 g/mol. The van der Waals surface area contributed by atoms with Gasteiger partial charge in [0.05, 0.1) is 6.61 Å². The van der Waals surface area contributed by atoms with Crippen LogP contribution in [0.1, 0.15) is 24.3 Å². The Labute approximate surface area is 113 Å². The van der Waals surface area contributed by atoms with Gasteiger partial charge in [0, 0.05) is 37.0 Å². The number of hydrogen-bond acceptors (Lipinski definition) is 3. The highest BCUT2D eigenvalue weighted by atomic mass is 16.5. The Kier molecular flexibility index (Phi) is 3.69. The van der Waals surface area contributed by atoms with Crippen molar-refractivity contribution in [2.24, 2.45) is 5.92 Å². The minimum Gasteiger partial charge on any atom is -0.493 e. The zero-order valence-electron chi connectivity index (χ0n) is 11.0. The molecular formula is C15H20N2O2. The summed E-state index contributed by atoms with van der Waals surface area (Å²) in [5.41, 5.74) is 1.29. The van der Waals surface area contributed by atoms with Gasteiger partial charge in [-0.3, -0.25) is 4.79 Å². The van der Waals surface area contributed by atoms with Gasteiger partial charge in [0.25, 0.3) is 0 Å². The number of carbonyl (C=O) groups is 1. The number of ether oxygens (including phenoxy) is 1. The second-order valence-corrected chi connectivity index (χ2v) is 5.32. The molecule has 0 radical (unpaired) electrons. The third-order valence-electron chi connectivity index (χ3n) is 3.74. The van der Waals surface area contributed by atoms with E-state index in [1.54, 1.807) is 0 Å². The molecule has 0 aromatic heterocycles. The van der Waals surface area contributed by atoms with Crippen LogP contribution in [-0.2, 0) is 4.79 Å². The first-order chi connectivity index (χ1) is 9.34. The normalized spacial score (nSPS) is 20.7. The van der Waals surface area contributed by atoms with Gasteiger partial charge in [-0.1, -0.05) is 18.2 Å². The van der Waals surface area contributed by atoms with Gasteiger partial charge in [0.1, 0.15) is 5.75 Å². The molecule has 1 aliphatic heterocycles. The minimum absolute atomic E-state index is 0.219. The Morgan fingerprint density at radius 1 is 1.26 bits per heavy atom. The van der Waals surface area contributed by atoms with Crippen LogP contribution in [0, 0.1) is 5.92 Å². The van der Waals surface area contributed by atoms with E-state index >= 15 is 0 Å². The lowest BCUT2D eigenvalue weighted by Gasteiger charge is -2.11. The molecule has 1 saturated carbocycles. The van der Waals surface area contributed by atoms with Crippen LogP contribution < -0.4 is 15.4 Å². The Balaban J connectivity index is 1.35. The SMILES string of the molecule is O=C(NCCNCC1COc2ccccc21)C1CC1. The predicted molar refractivity (Wildman–Crippen MR) is 73.3 cm³/mol. The first-order valence-electron chi connectivity index (χ1n) is 7.05. The number of para-hydroxylation sites is 1. The van der Waals surface area contributed by atoms with Crippen LogP contribution in [0.4, 0.5) is 0 Å². The Bertz CT molecular complexity index is 457. The molecule has 19 heavy (non-hydrogen) atoms. The highest BCUT2D eigenvalue weighted by molar-refractivity contribution is 5.80. The monoisotopic (exact) mass is 260 g/mol. The van der Waals surface area contributed by atoms with Crippen molar-refractivity contribution in [3.63, 3.8) is 0 Å². The molecule has 2 N–H and O–H groups in total. The standard InChI is InChI=1S/C15H20N2O2/c18-15(11-5-6-11)17-8-7-16-9-12-10-19-14-4-2-1-3-13(12)14/h1-4,11-12,16H,5-10H2,(H,17,18). The summed E-state index contributed by atoms with van der Waals surface area (Å²) in [4.78, 5) is 11.4. The lowest BCUT2D eigenvalue weighted by molar-refractivity contribution is -0.122. The summed E-state index contributed by atoms with van der Waals surface area (Å²) in [6.45, 7) is 3.18. The molecule has 0 spiro atoms. The molecule has 1 unspecified atom stereocenters. The molecule has 4 heteroatoms. The van der Waals surface area contributed by atoms with Crippen LogP contribution >= 0.6 is 0 Å². The van der Waals surface area contributed by atoms with E-state index in [2.05, 4.69) is 22.8 Å². The van der Waals surface area contributed by atoms with Crippen LogP contribution in [0.25, 0.3) is 0 Å². The average Bonchev–Trinajstić information content (AvgIpc) is 3.21. The number of nitrogens with one attached hydrogen (secondary N) is 2. The van der Waals surface area contributed by atoms with E-state index in [0.29, 0.717) is 18.4 Å². The molecule has 1 atom stereocenters. The van der Waals surface area contributed by atoms with Gasteiger partial charge in [-0.15, -0.1) is 0 Å². The van der Waals surface area contributed by atoms with Crippen molar-refractivity contribution in [2.75, 3.05) is 26.2 Å². The molecule has 1 aliphatic carbocycles. The fraction of sp³-hybridized carbons (Fsp3) is 0.533. The van der Waals surface area contributed by atoms with Crippen molar-refractivity contribution in [1.29, 1.82) is 0 Å². The highest BCUT2D eigenvalue weighted by Gasteiger charge is 2.29. The highest BCUT2D eigenvalue weighted by Crippen LogP contribution is 2.32. The van der Waals surface area contributed by atoms with Crippen molar-refractivity contribution < 1.29 is 9.53 Å². The van der Waals surface area contributed by atoms with Crippen molar-refractivity contribution in [1.82, 2.24) is 10.6 Å². The van der Waals surface area contributed by atoms with Crippen LogP contribution in [0.5, 0.6) is 5.75 Å². The van der Waals surface area contributed by atoms with Gasteiger partial charge in [-0.05, 0) is 18.9 Å². The summed E-state index contributed by atoms with van der Waals surface area (Å²) in [6, 6.07) is 8.20. The molecule has 1 aromatic rings. The molecule has 2 aliphatic rings. The second kappa shape index (κ2) is 5.61. The van der Waals surface area contributed by atoms with E-state index in [-0.39, 0.29) is 5.91 Å². The van der Waals surface area contributed by atoms with E-state index in [0.717, 1.165) is 38.3 Å². The lowest BCUT2D eigenvalue weighted by Crippen LogP contribution is -2.34. The van der Waals surface area contributed by atoms with E-state index < -0.39 is 0 Å². The topological polar surface area (TPSA) is 50.4 Å². The quantitative estimate of drug-likeness (QED) is 0.758. The van der Waals surface area contributed by atoms with Crippen LogP contribution in [0.3, 0.4) is 0 Å². The van der Waals surface area contributed by atoms with Gasteiger partial charge in [0.15, 0.2) is 0 Å². The van der Waals surface area contributed by atoms with E-state index in [9.17, 15) is 4.79 Å². The average molecular weight is 260 g/mol. The summed E-state index contributed by atoms with van der Waals surface area (Å²) in [5.74, 6) is 1.96. The zero-order chi connectivity index (χ0) is 13.1. The van der Waals surface area contributed by atoms with Gasteiger partial charge in [-0.25, -0.2) is 0 Å². The van der Waals surface area contributed by atoms with Gasteiger partial charge in [-0.2, -0.15) is 0 Å². The Hall–Kier alpha value is -1.55. The Morgan fingerprint density at radius 3 is 2.95 bits per heavy atom. The Morgan fingerprint density at radius 2 is 2.11 bits per heavy atom. The maximum absolute atomic E-state index is 11.4. The van der Waals surface area contributed by atoms with Crippen LogP contribution in [0.2, 0.25) is 0 Å². The summed E-state index contributed by atoms with van der Waals surface area (Å²) in [6.07, 6.45) is 2.13. The number of hydrogen-bond donors (Lipinski definition) is 2. The van der Waals surface area contributed by atoms with Crippen LogP contribution in [0.15, 0.2) is 24.3 Å². The molecule has 3 rings (SSSR count). The van der Waals surface area contributed by atoms with E-state index in [4.69, 9.17) is 4.74 Å². The van der Waals surface area contributed by atoms with E-state index in [1.807, 2.05) is 12.1 Å². The predicted octanol–water partition coefficient (Wildman–Crippen LogP) is 1.28. The van der Waals surface area contributed by atoms with Gasteiger partial charge < -0.3 is 15.4 Å². The zero-order valence-corrected chi connectivity index (χ0v) is 11.0. The molecule has 1 aromatic carbocycles. The maximum Gasteiger partial charge on any atom is 0.223 e. The van der Waals surface area contributed by atoms with Gasteiger partial charge in [0.2, 0.25) is 5.91 Å². The van der Waals surface area contributed by atoms with E-state index in [1.165, 1.54) is 5.56 Å². The first-order valence-corrected chi connectivity index (χ1v) is 7.05. The number of carbonyl (C=O) groups excluding carboxylic acids is 1. The fourth-order valence-corrected chi connectivity index (χ4v) is 2.44. The summed E-state index contributed by atoms with van der Waals surface area (Å²) >= 11 is 0. The second-order valence-electron chi connectivity index (χ2n) is 5.32. The third-order valence-corrected chi connectivity index (χ3v) is 3.74. The first kappa shape index (κ1) is 12.5. The van der Waals surface area contributed by atoms with Crippen molar-refractivity contribution in [2.45, 2.75) is 18.8 Å². The third kappa shape index (κ3) is 3.07. The molecule has 0 saturated heterocycles. The largest absolute Gasteiger partial charge is 0.493 e.